The zero-order valence-corrected chi connectivity index (χ0v) is 23.4. The molecule has 0 spiro atoms. The van der Waals surface area contributed by atoms with Crippen LogP contribution in [0.25, 0.3) is 49.1 Å². The van der Waals surface area contributed by atoms with Crippen LogP contribution >= 0.6 is 11.3 Å². The molecule has 7 aromatic rings. The third kappa shape index (κ3) is 4.54. The molecular weight excluding hydrogens is 589 g/mol. The normalized spacial score (nSPS) is 11.8. The Bertz CT molecular complexity index is 2200. The summed E-state index contributed by atoms with van der Waals surface area (Å²) in [7, 11) is 0. The van der Waals surface area contributed by atoms with E-state index in [0.717, 1.165) is 39.8 Å². The first kappa shape index (κ1) is 27.3. The highest BCUT2D eigenvalue weighted by atomic mass is 32.1. The molecule has 4 aromatic carbocycles. The molecule has 0 fully saturated rings. The fourth-order valence-corrected chi connectivity index (χ4v) is 6.30. The van der Waals surface area contributed by atoms with E-state index in [0.29, 0.717) is 32.7 Å². The number of aromatic hydroxyl groups is 1. The van der Waals surface area contributed by atoms with E-state index in [1.165, 1.54) is 16.8 Å². The first-order chi connectivity index (χ1) is 21.2. The van der Waals surface area contributed by atoms with E-state index in [-0.39, 0.29) is 16.3 Å². The monoisotopic (exact) mass is 609 g/mol. The summed E-state index contributed by atoms with van der Waals surface area (Å²) < 4.78 is 46.3. The van der Waals surface area contributed by atoms with Gasteiger partial charge in [0.25, 0.3) is 5.78 Å². The van der Waals surface area contributed by atoms with Crippen molar-refractivity contribution in [3.8, 4) is 34.0 Å². The van der Waals surface area contributed by atoms with Crippen LogP contribution in [0.15, 0.2) is 108 Å². The lowest BCUT2D eigenvalue weighted by molar-refractivity contribution is -0.672. The number of alkyl halides is 3. The maximum absolute atomic E-state index is 13.9. The summed E-state index contributed by atoms with van der Waals surface area (Å²) in [6.45, 7) is 0. The van der Waals surface area contributed by atoms with Crippen molar-refractivity contribution in [1.82, 2.24) is 10.3 Å². The van der Waals surface area contributed by atoms with E-state index in [1.54, 1.807) is 36.4 Å². The van der Waals surface area contributed by atoms with E-state index in [9.17, 15) is 23.1 Å². The molecule has 0 unspecified atom stereocenters. The van der Waals surface area contributed by atoms with Crippen LogP contribution < -0.4 is 10.4 Å². The number of nitrogens with two attached hydrogens (primary N) is 1. The Morgan fingerprint density at radius 1 is 0.886 bits per heavy atom. The second-order valence-electron chi connectivity index (χ2n) is 9.99. The fourth-order valence-electron chi connectivity index (χ4n) is 5.24. The van der Waals surface area contributed by atoms with Crippen molar-refractivity contribution in [2.75, 3.05) is 5.73 Å². The lowest BCUT2D eigenvalue weighted by Gasteiger charge is -2.12. The number of fused-ring (bicyclic) bond motifs is 2. The van der Waals surface area contributed by atoms with Crippen LogP contribution in [0.1, 0.15) is 20.9 Å². The van der Waals surface area contributed by atoms with Gasteiger partial charge in [-0.25, -0.2) is 4.98 Å². The minimum atomic E-state index is -4.50. The summed E-state index contributed by atoms with van der Waals surface area (Å²) in [5.41, 5.74) is 8.47. The molecule has 216 valence electrons. The van der Waals surface area contributed by atoms with Crippen LogP contribution in [0.2, 0.25) is 0 Å². The number of anilines is 1. The van der Waals surface area contributed by atoms with Gasteiger partial charge in [0, 0.05) is 27.8 Å². The summed E-state index contributed by atoms with van der Waals surface area (Å²) in [6.07, 6.45) is -4.50. The first-order valence-electron chi connectivity index (χ1n) is 13.3. The van der Waals surface area contributed by atoms with Crippen molar-refractivity contribution >= 4 is 43.8 Å². The summed E-state index contributed by atoms with van der Waals surface area (Å²) in [6, 6.07) is 28.7. The lowest BCUT2D eigenvalue weighted by Crippen LogP contribution is -2.38. The van der Waals surface area contributed by atoms with Gasteiger partial charge < -0.3 is 10.8 Å². The summed E-state index contributed by atoms with van der Waals surface area (Å²) >= 11 is 1.01. The van der Waals surface area contributed by atoms with E-state index in [4.69, 9.17) is 15.2 Å². The molecule has 0 bridgehead atoms. The molecule has 7 nitrogen and oxygen atoms in total. The smallest absolute Gasteiger partial charge is 0.416 e. The second-order valence-corrected chi connectivity index (χ2v) is 11.0. The van der Waals surface area contributed by atoms with Crippen molar-refractivity contribution in [2.24, 2.45) is 0 Å². The maximum Gasteiger partial charge on any atom is 0.416 e. The molecule has 0 saturated carbocycles. The van der Waals surface area contributed by atoms with E-state index in [2.05, 4.69) is 5.27 Å². The molecule has 3 aromatic heterocycles. The lowest BCUT2D eigenvalue weighted by atomic mass is 9.96. The van der Waals surface area contributed by atoms with E-state index in [1.807, 2.05) is 42.5 Å². The minimum Gasteiger partial charge on any atom is -0.474 e. The van der Waals surface area contributed by atoms with E-state index < -0.39 is 23.5 Å². The second kappa shape index (κ2) is 10.3. The number of aromatic nitrogens is 3. The number of thiophene rings is 1. The standard InChI is InChI=1S/C33H19F3N4O3S/c34-33(35,36)20-15-13-19(14-16-20)24-17-25(23-12-6-8-18-7-4-5-11-22(18)23)38-31-26(24)27(37)30(44-31)29(41)28-32(42)43-39-40(28)21-9-2-1-3-10-21/h1-17H,(H2-,37,39,41,42)/p+1. The van der Waals surface area contributed by atoms with Crippen LogP contribution in [0.4, 0.5) is 18.9 Å². The number of halogens is 3. The Morgan fingerprint density at radius 2 is 1.59 bits per heavy atom. The molecule has 0 aliphatic rings. The molecule has 0 radical (unpaired) electrons. The molecule has 11 heteroatoms. The number of pyridine rings is 1. The van der Waals surface area contributed by atoms with Crippen molar-refractivity contribution in [3.63, 3.8) is 0 Å². The van der Waals surface area contributed by atoms with Gasteiger partial charge in [-0.1, -0.05) is 72.8 Å². The molecule has 7 rings (SSSR count). The molecule has 0 saturated heterocycles. The maximum atomic E-state index is 13.9. The highest BCUT2D eigenvalue weighted by Crippen LogP contribution is 2.43. The van der Waals surface area contributed by atoms with Gasteiger partial charge in [0.1, 0.15) is 9.71 Å². The summed E-state index contributed by atoms with van der Waals surface area (Å²) in [4.78, 5) is 19.3. The Balaban J connectivity index is 1.46. The number of benzene rings is 4. The molecule has 0 amide bonds. The van der Waals surface area contributed by atoms with Crippen LogP contribution in [0, 0.1) is 0 Å². The van der Waals surface area contributed by atoms with E-state index >= 15 is 0 Å². The molecule has 0 atom stereocenters. The quantitative estimate of drug-likeness (QED) is 0.154. The summed E-state index contributed by atoms with van der Waals surface area (Å²) in [5, 5.41) is 16.6. The molecular formula is C33H20F3N4O3S+. The zero-order chi connectivity index (χ0) is 30.6. The minimum absolute atomic E-state index is 0.0684. The van der Waals surface area contributed by atoms with Gasteiger partial charge in [0.15, 0.2) is 0 Å². The third-order valence-electron chi connectivity index (χ3n) is 7.33. The van der Waals surface area contributed by atoms with Crippen LogP contribution in [-0.4, -0.2) is 21.1 Å². The van der Waals surface area contributed by atoms with Crippen molar-refractivity contribution in [3.05, 3.63) is 119 Å². The van der Waals surface area contributed by atoms with Gasteiger partial charge in [-0.2, -0.15) is 13.2 Å². The topological polar surface area (TPSA) is 106 Å². The molecule has 3 N–H and O–H groups in total. The van der Waals surface area contributed by atoms with Crippen LogP contribution in [0.3, 0.4) is 0 Å². The van der Waals surface area contributed by atoms with Gasteiger partial charge >= 0.3 is 17.8 Å². The number of hydrogen-bond acceptors (Lipinski definition) is 7. The van der Waals surface area contributed by atoms with Gasteiger partial charge in [-0.05, 0) is 40.1 Å². The largest absolute Gasteiger partial charge is 0.474 e. The number of para-hydroxylation sites is 1. The molecule has 0 aliphatic carbocycles. The fraction of sp³-hybridized carbons (Fsp3) is 0.0303. The number of nitrogens with zero attached hydrogens (tertiary/aromatic N) is 3. The Hall–Kier alpha value is -5.55. The van der Waals surface area contributed by atoms with Crippen molar-refractivity contribution in [1.29, 1.82) is 0 Å². The van der Waals surface area contributed by atoms with Gasteiger partial charge in [-0.3, -0.25) is 9.32 Å². The average molecular weight is 610 g/mol. The molecule has 44 heavy (non-hydrogen) atoms. The zero-order valence-electron chi connectivity index (χ0n) is 22.5. The highest BCUT2D eigenvalue weighted by molar-refractivity contribution is 7.21. The van der Waals surface area contributed by atoms with Crippen LogP contribution in [0.5, 0.6) is 5.95 Å². The number of carbonyl (C=O) groups is 1. The predicted octanol–water partition coefficient (Wildman–Crippen LogP) is 7.59. The highest BCUT2D eigenvalue weighted by Gasteiger charge is 2.37. The van der Waals surface area contributed by atoms with Gasteiger partial charge in [0.2, 0.25) is 11.0 Å². The number of ketones is 1. The predicted molar refractivity (Wildman–Crippen MR) is 161 cm³/mol. The number of carbonyl (C=O) groups excluding carboxylic acids is 1. The Labute approximate surface area is 251 Å². The van der Waals surface area contributed by atoms with Crippen molar-refractivity contribution in [2.45, 2.75) is 6.18 Å². The molecule has 3 heterocycles. The first-order valence-corrected chi connectivity index (χ1v) is 14.1. The Morgan fingerprint density at radius 3 is 2.34 bits per heavy atom. The SMILES string of the molecule is Nc1c(C(=O)c2c(O)on[n+]2-c2ccccc2)sc2nc(-c3cccc4ccccc34)cc(-c3ccc(C(F)(F)F)cc3)c12. The van der Waals surface area contributed by atoms with Crippen molar-refractivity contribution < 1.29 is 32.3 Å². The van der Waals surface area contributed by atoms with Crippen LogP contribution in [-0.2, 0) is 6.18 Å². The van der Waals surface area contributed by atoms with Gasteiger partial charge in [-0.15, -0.1) is 11.3 Å². The third-order valence-corrected chi connectivity index (χ3v) is 8.43. The average Bonchev–Trinajstić information content (AvgIpc) is 3.59. The molecule has 0 aliphatic heterocycles. The van der Waals surface area contributed by atoms with Gasteiger partial charge in [0.05, 0.1) is 16.9 Å². The number of nitrogen functional groups attached to an aromatic ring is 1. The number of rotatable bonds is 5. The summed E-state index contributed by atoms with van der Waals surface area (Å²) in [5.74, 6) is -1.35. The Kier molecular flexibility index (Phi) is 6.40. The number of hydrogen-bond donors (Lipinski definition) is 2.